The zero-order valence-corrected chi connectivity index (χ0v) is 6.70. The fourth-order valence-corrected chi connectivity index (χ4v) is 1.09. The first-order valence-corrected chi connectivity index (χ1v) is 3.60. The van der Waals surface area contributed by atoms with Crippen LogP contribution in [0.3, 0.4) is 0 Å². The molecule has 3 heteroatoms. The maximum atomic E-state index is 10.3. The molecule has 1 aliphatic carbocycles. The molecule has 0 aromatic heterocycles. The van der Waals surface area contributed by atoms with Gasteiger partial charge in [0.15, 0.2) is 0 Å². The third-order valence-corrected chi connectivity index (χ3v) is 2.00. The predicted molar refractivity (Wildman–Crippen MR) is 42.9 cm³/mol. The summed E-state index contributed by atoms with van der Waals surface area (Å²) >= 11 is 0. The Kier molecular flexibility index (Phi) is 2.08. The van der Waals surface area contributed by atoms with Crippen LogP contribution in [0.4, 0.5) is 0 Å². The first kappa shape index (κ1) is 7.98. The molecule has 0 saturated heterocycles. The highest BCUT2D eigenvalue weighted by Crippen LogP contribution is 2.18. The average molecular weight is 153 g/mol. The van der Waals surface area contributed by atoms with Crippen LogP contribution in [-0.4, -0.2) is 11.0 Å². The number of nitrogens with zero attached hydrogens (tertiary/aromatic N) is 1. The smallest absolute Gasteiger partial charge is 0.235 e. The van der Waals surface area contributed by atoms with Gasteiger partial charge in [0, 0.05) is 11.3 Å². The second kappa shape index (κ2) is 2.86. The molecule has 1 unspecified atom stereocenters. The quantitative estimate of drug-likeness (QED) is 0.426. The van der Waals surface area contributed by atoms with Crippen LogP contribution in [0, 0.1) is 10.1 Å². The van der Waals surface area contributed by atoms with E-state index in [4.69, 9.17) is 0 Å². The third kappa shape index (κ3) is 1.67. The molecule has 0 radical (unpaired) electrons. The van der Waals surface area contributed by atoms with Crippen molar-refractivity contribution in [2.24, 2.45) is 0 Å². The van der Waals surface area contributed by atoms with Crippen LogP contribution in [-0.2, 0) is 0 Å². The Morgan fingerprint density at radius 3 is 2.64 bits per heavy atom. The van der Waals surface area contributed by atoms with Gasteiger partial charge in [0.05, 0.1) is 0 Å². The fourth-order valence-electron chi connectivity index (χ4n) is 1.09. The molecule has 3 nitrogen and oxygen atoms in total. The lowest BCUT2D eigenvalue weighted by molar-refractivity contribution is -0.508. The topological polar surface area (TPSA) is 43.1 Å². The molecule has 0 N–H and O–H groups in total. The van der Waals surface area contributed by atoms with E-state index in [1.165, 1.54) is 0 Å². The summed E-state index contributed by atoms with van der Waals surface area (Å²) in [7, 11) is 0. The molecule has 0 amide bonds. The zero-order chi connectivity index (χ0) is 8.43. The molecule has 0 bridgehead atoms. The molecule has 0 aliphatic heterocycles. The van der Waals surface area contributed by atoms with Crippen molar-refractivity contribution in [1.29, 1.82) is 0 Å². The molecule has 0 heterocycles. The highest BCUT2D eigenvalue weighted by atomic mass is 16.6. The van der Waals surface area contributed by atoms with Crippen molar-refractivity contribution < 1.29 is 4.92 Å². The Morgan fingerprint density at radius 1 is 1.55 bits per heavy atom. The van der Waals surface area contributed by atoms with E-state index < -0.39 is 6.04 Å². The van der Waals surface area contributed by atoms with Gasteiger partial charge in [0.1, 0.15) is 0 Å². The van der Waals surface area contributed by atoms with Crippen molar-refractivity contribution in [3.63, 3.8) is 0 Å². The zero-order valence-electron chi connectivity index (χ0n) is 6.70. The van der Waals surface area contributed by atoms with E-state index in [9.17, 15) is 10.1 Å². The minimum atomic E-state index is -0.501. The standard InChI is InChI=1S/C8H11NO2/c1-6-3-4-8(9(10)11)5-7(6)2/h3,5,8H,4H2,1-2H3. The number of hydrogen-bond acceptors (Lipinski definition) is 2. The average Bonchev–Trinajstić information content (AvgIpc) is 1.94. The number of rotatable bonds is 1. The Labute approximate surface area is 65.6 Å². The van der Waals surface area contributed by atoms with Gasteiger partial charge < -0.3 is 0 Å². The minimum Gasteiger partial charge on any atom is -0.264 e. The molecule has 1 atom stereocenters. The van der Waals surface area contributed by atoms with E-state index in [0.29, 0.717) is 6.42 Å². The first-order valence-electron chi connectivity index (χ1n) is 3.60. The normalized spacial score (nSPS) is 24.0. The predicted octanol–water partition coefficient (Wildman–Crippen LogP) is 1.93. The molecule has 0 fully saturated rings. The van der Waals surface area contributed by atoms with Gasteiger partial charge in [-0.15, -0.1) is 0 Å². The minimum absolute atomic E-state index is 0.244. The SMILES string of the molecule is CC1=CCC([N+](=O)[O-])C=C1C. The van der Waals surface area contributed by atoms with Crippen molar-refractivity contribution in [1.82, 2.24) is 0 Å². The van der Waals surface area contributed by atoms with E-state index in [1.807, 2.05) is 19.9 Å². The third-order valence-electron chi connectivity index (χ3n) is 2.00. The van der Waals surface area contributed by atoms with Crippen molar-refractivity contribution in [2.75, 3.05) is 0 Å². The van der Waals surface area contributed by atoms with Gasteiger partial charge in [-0.1, -0.05) is 11.6 Å². The second-order valence-electron chi connectivity index (χ2n) is 2.83. The highest BCUT2D eigenvalue weighted by molar-refractivity contribution is 5.31. The van der Waals surface area contributed by atoms with Crippen LogP contribution < -0.4 is 0 Å². The van der Waals surface area contributed by atoms with Crippen LogP contribution >= 0.6 is 0 Å². The lowest BCUT2D eigenvalue weighted by Gasteiger charge is -2.11. The Bertz CT molecular complexity index is 240. The Hall–Kier alpha value is -1.12. The van der Waals surface area contributed by atoms with Crippen molar-refractivity contribution in [3.8, 4) is 0 Å². The van der Waals surface area contributed by atoms with Gasteiger partial charge in [0.25, 0.3) is 0 Å². The maximum Gasteiger partial charge on any atom is 0.235 e. The van der Waals surface area contributed by atoms with E-state index in [-0.39, 0.29) is 4.92 Å². The lowest BCUT2D eigenvalue weighted by Crippen LogP contribution is -2.18. The number of nitro groups is 1. The van der Waals surface area contributed by atoms with Crippen molar-refractivity contribution in [3.05, 3.63) is 33.4 Å². The molecule has 0 aromatic carbocycles. The Balaban J connectivity index is 2.77. The van der Waals surface area contributed by atoms with E-state index >= 15 is 0 Å². The van der Waals surface area contributed by atoms with Gasteiger partial charge in [-0.05, 0) is 25.5 Å². The van der Waals surface area contributed by atoms with Gasteiger partial charge in [-0.2, -0.15) is 0 Å². The first-order chi connectivity index (χ1) is 5.11. The van der Waals surface area contributed by atoms with Crippen LogP contribution in [0.15, 0.2) is 23.3 Å². The Morgan fingerprint density at radius 2 is 2.18 bits per heavy atom. The molecule has 1 rings (SSSR count). The molecule has 11 heavy (non-hydrogen) atoms. The second-order valence-corrected chi connectivity index (χ2v) is 2.83. The molecular weight excluding hydrogens is 142 g/mol. The monoisotopic (exact) mass is 153 g/mol. The van der Waals surface area contributed by atoms with Gasteiger partial charge in [0.2, 0.25) is 6.04 Å². The maximum absolute atomic E-state index is 10.3. The molecular formula is C8H11NO2. The summed E-state index contributed by atoms with van der Waals surface area (Å²) in [6.07, 6.45) is 4.17. The summed E-state index contributed by atoms with van der Waals surface area (Å²) in [6, 6.07) is -0.501. The molecule has 0 aromatic rings. The van der Waals surface area contributed by atoms with Crippen LogP contribution in [0.1, 0.15) is 20.3 Å². The van der Waals surface area contributed by atoms with Gasteiger partial charge in [-0.3, -0.25) is 10.1 Å². The summed E-state index contributed by atoms with van der Waals surface area (Å²) in [5.41, 5.74) is 2.18. The van der Waals surface area contributed by atoms with Crippen LogP contribution in [0.25, 0.3) is 0 Å². The largest absolute Gasteiger partial charge is 0.264 e. The van der Waals surface area contributed by atoms with E-state index in [2.05, 4.69) is 0 Å². The van der Waals surface area contributed by atoms with Crippen molar-refractivity contribution >= 4 is 0 Å². The molecule has 1 aliphatic rings. The summed E-state index contributed by atoms with van der Waals surface area (Å²) in [5.74, 6) is 0. The van der Waals surface area contributed by atoms with E-state index in [1.54, 1.807) is 6.08 Å². The lowest BCUT2D eigenvalue weighted by atomic mass is 9.98. The summed E-state index contributed by atoms with van der Waals surface area (Å²) in [4.78, 5) is 10.1. The van der Waals surface area contributed by atoms with E-state index in [0.717, 1.165) is 11.1 Å². The van der Waals surface area contributed by atoms with Crippen LogP contribution in [0.5, 0.6) is 0 Å². The number of hydrogen-bond donors (Lipinski definition) is 0. The highest BCUT2D eigenvalue weighted by Gasteiger charge is 2.19. The van der Waals surface area contributed by atoms with Gasteiger partial charge in [-0.25, -0.2) is 0 Å². The van der Waals surface area contributed by atoms with Crippen molar-refractivity contribution in [2.45, 2.75) is 26.3 Å². The summed E-state index contributed by atoms with van der Waals surface area (Å²) < 4.78 is 0. The molecule has 60 valence electrons. The molecule has 0 spiro atoms. The fraction of sp³-hybridized carbons (Fsp3) is 0.500. The summed E-state index contributed by atoms with van der Waals surface area (Å²) in [5, 5.41) is 10.3. The number of allylic oxidation sites excluding steroid dienone is 2. The molecule has 0 saturated carbocycles. The van der Waals surface area contributed by atoms with Crippen LogP contribution in [0.2, 0.25) is 0 Å². The summed E-state index contributed by atoms with van der Waals surface area (Å²) in [6.45, 7) is 3.88. The van der Waals surface area contributed by atoms with Gasteiger partial charge >= 0.3 is 0 Å².